The van der Waals surface area contributed by atoms with E-state index < -0.39 is 0 Å². The third-order valence-corrected chi connectivity index (χ3v) is 3.91. The fourth-order valence-electron chi connectivity index (χ4n) is 2.70. The highest BCUT2D eigenvalue weighted by atomic mass is 15.2. The molecule has 7 nitrogen and oxygen atoms in total. The van der Waals surface area contributed by atoms with E-state index in [1.54, 1.807) is 12.5 Å². The van der Waals surface area contributed by atoms with Crippen LogP contribution in [0, 0.1) is 0 Å². The van der Waals surface area contributed by atoms with Gasteiger partial charge in [-0.1, -0.05) is 24.3 Å². The van der Waals surface area contributed by atoms with Crippen molar-refractivity contribution in [2.24, 2.45) is 0 Å². The van der Waals surface area contributed by atoms with Crippen LogP contribution in [0.25, 0.3) is 21.9 Å². The lowest BCUT2D eigenvalue weighted by molar-refractivity contribution is 0.613. The maximum atomic E-state index is 6.05. The van der Waals surface area contributed by atoms with E-state index in [9.17, 15) is 0 Å². The lowest BCUT2D eigenvalue weighted by Crippen LogP contribution is -2.06. The lowest BCUT2D eigenvalue weighted by Gasteiger charge is -2.10. The van der Waals surface area contributed by atoms with Gasteiger partial charge in [-0.15, -0.1) is 0 Å². The summed E-state index contributed by atoms with van der Waals surface area (Å²) in [4.78, 5) is 17.6. The van der Waals surface area contributed by atoms with E-state index in [1.807, 2.05) is 34.9 Å². The molecule has 0 aliphatic carbocycles. The average Bonchev–Trinajstić information content (AvgIpc) is 3.00. The van der Waals surface area contributed by atoms with Crippen molar-refractivity contribution >= 4 is 39.5 Å². The van der Waals surface area contributed by atoms with Gasteiger partial charge in [-0.2, -0.15) is 9.97 Å². The Morgan fingerprint density at radius 3 is 2.75 bits per heavy atom. The van der Waals surface area contributed by atoms with Crippen LogP contribution in [0.1, 0.15) is 19.9 Å². The predicted octanol–water partition coefficient (Wildman–Crippen LogP) is 3.28. The summed E-state index contributed by atoms with van der Waals surface area (Å²) in [5.41, 5.74) is 7.37. The maximum Gasteiger partial charge on any atom is 0.232 e. The number of aromatic nitrogens is 5. The average molecular weight is 319 g/mol. The van der Waals surface area contributed by atoms with Crippen molar-refractivity contribution in [3.8, 4) is 0 Å². The second-order valence-corrected chi connectivity index (χ2v) is 5.86. The van der Waals surface area contributed by atoms with Gasteiger partial charge in [0.1, 0.15) is 11.3 Å². The largest absolute Gasteiger partial charge is 0.382 e. The number of nitrogens with zero attached hydrogens (tertiary/aromatic N) is 5. The van der Waals surface area contributed by atoms with E-state index in [0.29, 0.717) is 28.7 Å². The molecule has 3 N–H and O–H groups in total. The number of pyridine rings is 1. The molecule has 24 heavy (non-hydrogen) atoms. The van der Waals surface area contributed by atoms with E-state index in [-0.39, 0.29) is 6.04 Å². The molecule has 0 unspecified atom stereocenters. The number of imidazole rings is 1. The molecule has 3 aromatic heterocycles. The van der Waals surface area contributed by atoms with E-state index in [1.165, 1.54) is 0 Å². The number of anilines is 3. The molecule has 0 aliphatic rings. The Balaban J connectivity index is 1.83. The molecule has 4 aromatic rings. The third kappa shape index (κ3) is 2.30. The summed E-state index contributed by atoms with van der Waals surface area (Å²) in [5.74, 6) is 1.45. The highest BCUT2D eigenvalue weighted by Gasteiger charge is 2.14. The van der Waals surface area contributed by atoms with E-state index >= 15 is 0 Å². The van der Waals surface area contributed by atoms with Crippen LogP contribution in [0.5, 0.6) is 0 Å². The van der Waals surface area contributed by atoms with Crippen LogP contribution in [-0.2, 0) is 0 Å². The molecular formula is C17H17N7. The van der Waals surface area contributed by atoms with Crippen LogP contribution in [0.4, 0.5) is 17.6 Å². The molecule has 120 valence electrons. The first-order valence-corrected chi connectivity index (χ1v) is 7.74. The van der Waals surface area contributed by atoms with Crippen molar-refractivity contribution in [3.63, 3.8) is 0 Å². The first-order chi connectivity index (χ1) is 11.6. The van der Waals surface area contributed by atoms with Crippen LogP contribution in [0.15, 0.2) is 42.9 Å². The Morgan fingerprint density at radius 1 is 1.08 bits per heavy atom. The Morgan fingerprint density at radius 2 is 1.92 bits per heavy atom. The maximum absolute atomic E-state index is 6.05. The minimum Gasteiger partial charge on any atom is -0.382 e. The number of benzene rings is 1. The molecule has 4 rings (SSSR count). The molecule has 0 saturated carbocycles. The molecule has 1 aromatic carbocycles. The summed E-state index contributed by atoms with van der Waals surface area (Å²) >= 11 is 0. The summed E-state index contributed by atoms with van der Waals surface area (Å²) in [6.45, 7) is 4.14. The smallest absolute Gasteiger partial charge is 0.232 e. The Bertz CT molecular complexity index is 1030. The molecule has 0 spiro atoms. The number of rotatable bonds is 3. The summed E-state index contributed by atoms with van der Waals surface area (Å²) in [6, 6.07) is 10.2. The van der Waals surface area contributed by atoms with Gasteiger partial charge < -0.3 is 15.6 Å². The molecule has 0 fully saturated rings. The van der Waals surface area contributed by atoms with Gasteiger partial charge in [0.2, 0.25) is 5.95 Å². The number of fused-ring (bicyclic) bond motifs is 2. The van der Waals surface area contributed by atoms with Gasteiger partial charge in [0.15, 0.2) is 11.5 Å². The topological polar surface area (TPSA) is 94.5 Å². The number of hydrogen-bond donors (Lipinski definition) is 2. The zero-order valence-electron chi connectivity index (χ0n) is 13.4. The quantitative estimate of drug-likeness (QED) is 0.602. The second-order valence-electron chi connectivity index (χ2n) is 5.86. The monoisotopic (exact) mass is 319 g/mol. The van der Waals surface area contributed by atoms with Gasteiger partial charge in [-0.25, -0.2) is 9.97 Å². The summed E-state index contributed by atoms with van der Waals surface area (Å²) in [7, 11) is 0. The summed E-state index contributed by atoms with van der Waals surface area (Å²) in [5, 5.41) is 5.27. The fourth-order valence-corrected chi connectivity index (χ4v) is 2.70. The Hall–Kier alpha value is -3.22. The van der Waals surface area contributed by atoms with Crippen molar-refractivity contribution in [2.75, 3.05) is 11.1 Å². The first kappa shape index (κ1) is 14.4. The molecule has 0 amide bonds. The summed E-state index contributed by atoms with van der Waals surface area (Å²) in [6.07, 6.45) is 3.49. The second kappa shape index (κ2) is 5.45. The van der Waals surface area contributed by atoms with Gasteiger partial charge in [0.05, 0.1) is 6.33 Å². The molecule has 0 radical (unpaired) electrons. The number of nitrogens with one attached hydrogen (secondary N) is 1. The molecule has 0 saturated heterocycles. The molecule has 3 heterocycles. The van der Waals surface area contributed by atoms with Crippen LogP contribution in [-0.4, -0.2) is 24.5 Å². The summed E-state index contributed by atoms with van der Waals surface area (Å²) < 4.78 is 1.97. The SMILES string of the molecule is CC(C)n1cnc2c(N)nc(Nc3nccc4ccccc34)nc21. The molecular weight excluding hydrogens is 302 g/mol. The molecule has 0 aliphatic heterocycles. The number of nitrogen functional groups attached to an aromatic ring is 1. The zero-order chi connectivity index (χ0) is 16.7. The van der Waals surface area contributed by atoms with Crippen LogP contribution < -0.4 is 11.1 Å². The van der Waals surface area contributed by atoms with Crippen molar-refractivity contribution in [1.82, 2.24) is 24.5 Å². The standard InChI is InChI=1S/C17H17N7/c1-10(2)24-9-20-13-14(18)21-17(23-16(13)24)22-15-12-6-4-3-5-11(12)7-8-19-15/h3-10H,1-2H3,(H3,18,19,21,22,23). The fraction of sp³-hybridized carbons (Fsp3) is 0.176. The van der Waals surface area contributed by atoms with E-state index in [4.69, 9.17) is 5.73 Å². The molecule has 7 heteroatoms. The van der Waals surface area contributed by atoms with E-state index in [2.05, 4.69) is 39.1 Å². The van der Waals surface area contributed by atoms with Crippen molar-refractivity contribution in [2.45, 2.75) is 19.9 Å². The molecule has 0 atom stereocenters. The first-order valence-electron chi connectivity index (χ1n) is 7.74. The normalized spacial score (nSPS) is 11.5. The predicted molar refractivity (Wildman–Crippen MR) is 95.1 cm³/mol. The van der Waals surface area contributed by atoms with Gasteiger partial charge in [0.25, 0.3) is 0 Å². The Labute approximate surface area is 138 Å². The number of nitrogens with two attached hydrogens (primary N) is 1. The highest BCUT2D eigenvalue weighted by molar-refractivity contribution is 5.93. The zero-order valence-corrected chi connectivity index (χ0v) is 13.4. The van der Waals surface area contributed by atoms with Crippen LogP contribution in [0.3, 0.4) is 0 Å². The van der Waals surface area contributed by atoms with Crippen molar-refractivity contribution < 1.29 is 0 Å². The van der Waals surface area contributed by atoms with Crippen molar-refractivity contribution in [3.05, 3.63) is 42.9 Å². The van der Waals surface area contributed by atoms with Gasteiger partial charge in [-0.3, -0.25) is 0 Å². The van der Waals surface area contributed by atoms with Gasteiger partial charge in [-0.05, 0) is 25.3 Å². The van der Waals surface area contributed by atoms with Crippen LogP contribution in [0.2, 0.25) is 0 Å². The van der Waals surface area contributed by atoms with Gasteiger partial charge in [0, 0.05) is 17.6 Å². The minimum absolute atomic E-state index is 0.229. The number of hydrogen-bond acceptors (Lipinski definition) is 6. The lowest BCUT2D eigenvalue weighted by atomic mass is 10.1. The highest BCUT2D eigenvalue weighted by Crippen LogP contribution is 2.25. The molecule has 0 bridgehead atoms. The Kier molecular flexibility index (Phi) is 3.26. The van der Waals surface area contributed by atoms with Crippen LogP contribution >= 0.6 is 0 Å². The minimum atomic E-state index is 0.229. The van der Waals surface area contributed by atoms with Gasteiger partial charge >= 0.3 is 0 Å². The third-order valence-electron chi connectivity index (χ3n) is 3.91. The van der Waals surface area contributed by atoms with Crippen molar-refractivity contribution in [1.29, 1.82) is 0 Å². The van der Waals surface area contributed by atoms with E-state index in [0.717, 1.165) is 10.8 Å².